The van der Waals surface area contributed by atoms with Crippen LogP contribution in [-0.2, 0) is 32.3 Å². The fourth-order valence-electron chi connectivity index (χ4n) is 9.09. The van der Waals surface area contributed by atoms with E-state index in [1.807, 2.05) is 78.9 Å². The number of nitrogens with one attached hydrogen (secondary N) is 2. The monoisotopic (exact) mass is 900 g/mol. The summed E-state index contributed by atoms with van der Waals surface area (Å²) in [5, 5.41) is 5.84. The maximum Gasteiger partial charge on any atom is 0.318 e. The molecule has 6 amide bonds. The highest BCUT2D eigenvalue weighted by Gasteiger charge is 2.43. The van der Waals surface area contributed by atoms with E-state index in [0.29, 0.717) is 82.2 Å². The first kappa shape index (κ1) is 47.1. The van der Waals surface area contributed by atoms with Gasteiger partial charge in [0.1, 0.15) is 42.5 Å². The Hall–Kier alpha value is -6.90. The molecule has 4 fully saturated rings. The van der Waals surface area contributed by atoms with Crippen LogP contribution in [0.4, 0.5) is 9.59 Å². The summed E-state index contributed by atoms with van der Waals surface area (Å²) in [6.45, 7) is 2.79. The number of likely N-dealkylation sites (tertiary alicyclic amines) is 4. The van der Waals surface area contributed by atoms with Crippen LogP contribution in [0.15, 0.2) is 115 Å². The first-order valence-electron chi connectivity index (χ1n) is 23.0. The summed E-state index contributed by atoms with van der Waals surface area (Å²) in [6.07, 6.45) is 5.56. The van der Waals surface area contributed by atoms with Crippen molar-refractivity contribution in [2.75, 3.05) is 46.5 Å². The molecule has 15 nitrogen and oxygen atoms in total. The summed E-state index contributed by atoms with van der Waals surface area (Å²) in [6, 6.07) is 33.0. The Morgan fingerprint density at radius 2 is 0.803 bits per heavy atom. The third-order valence-corrected chi connectivity index (χ3v) is 12.6. The molecule has 4 heterocycles. The van der Waals surface area contributed by atoms with Crippen LogP contribution in [0, 0.1) is 0 Å². The van der Waals surface area contributed by atoms with Crippen molar-refractivity contribution in [2.45, 2.75) is 88.6 Å². The van der Waals surface area contributed by atoms with E-state index >= 15 is 0 Å². The van der Waals surface area contributed by atoms with Crippen molar-refractivity contribution < 1.29 is 43.0 Å². The van der Waals surface area contributed by atoms with Gasteiger partial charge in [0.15, 0.2) is 11.6 Å². The lowest BCUT2D eigenvalue weighted by Crippen LogP contribution is -2.53. The molecule has 0 bridgehead atoms. The van der Waals surface area contributed by atoms with Crippen LogP contribution in [-0.4, -0.2) is 126 Å². The van der Waals surface area contributed by atoms with Crippen molar-refractivity contribution in [1.82, 2.24) is 30.2 Å². The SMILES string of the molecule is COc1ccc(OCC(=O)[C@@H]2CCCN2C(=O)[C@@H]2CCCN2C(=O)NCc2ccccc2)cc1.O=C(COc1ccccc1)[C@@H]1CCCN1C(=O)[C@@H]1CCCN1C(=O)NCc1ccccc1. The molecular weight excluding hydrogens is 841 g/mol. The predicted octanol–water partition coefficient (Wildman–Crippen LogP) is 6.01. The van der Waals surface area contributed by atoms with Crippen molar-refractivity contribution in [1.29, 1.82) is 0 Å². The number of hydrogen-bond acceptors (Lipinski definition) is 9. The Morgan fingerprint density at radius 3 is 1.21 bits per heavy atom. The van der Waals surface area contributed by atoms with Crippen LogP contribution in [0.1, 0.15) is 62.5 Å². The van der Waals surface area contributed by atoms with Crippen molar-refractivity contribution in [3.05, 3.63) is 126 Å². The van der Waals surface area contributed by atoms with Gasteiger partial charge >= 0.3 is 12.1 Å². The summed E-state index contributed by atoms with van der Waals surface area (Å²) in [5.41, 5.74) is 2.01. The number of Topliss-reactive ketones (excluding diaryl/α,β-unsaturated/α-hetero) is 2. The van der Waals surface area contributed by atoms with Crippen molar-refractivity contribution in [3.8, 4) is 17.2 Å². The number of hydrogen-bond donors (Lipinski definition) is 2. The molecular formula is C51H60N6O9. The lowest BCUT2D eigenvalue weighted by atomic mass is 10.1. The molecule has 2 N–H and O–H groups in total. The zero-order chi connectivity index (χ0) is 46.3. The number of nitrogens with zero attached hydrogens (tertiary/aromatic N) is 4. The zero-order valence-corrected chi connectivity index (χ0v) is 37.6. The van der Waals surface area contributed by atoms with Crippen LogP contribution in [0.2, 0.25) is 0 Å². The second-order valence-electron chi connectivity index (χ2n) is 16.9. The van der Waals surface area contributed by atoms with Gasteiger partial charge in [-0.15, -0.1) is 0 Å². The molecule has 4 aromatic rings. The van der Waals surface area contributed by atoms with Crippen LogP contribution in [0.5, 0.6) is 17.2 Å². The third-order valence-electron chi connectivity index (χ3n) is 12.6. The molecule has 0 aromatic heterocycles. The minimum atomic E-state index is -0.535. The molecule has 4 atom stereocenters. The van der Waals surface area contributed by atoms with Crippen LogP contribution >= 0.6 is 0 Å². The number of para-hydroxylation sites is 1. The number of urea groups is 2. The number of amides is 6. The van der Waals surface area contributed by atoms with Crippen LogP contribution in [0.25, 0.3) is 0 Å². The Balaban J connectivity index is 0.000000197. The summed E-state index contributed by atoms with van der Waals surface area (Å²) in [5.74, 6) is 1.41. The third kappa shape index (κ3) is 12.3. The molecule has 66 heavy (non-hydrogen) atoms. The second-order valence-corrected chi connectivity index (χ2v) is 16.9. The molecule has 0 unspecified atom stereocenters. The van der Waals surface area contributed by atoms with E-state index in [0.717, 1.165) is 36.8 Å². The largest absolute Gasteiger partial charge is 0.497 e. The van der Waals surface area contributed by atoms with Gasteiger partial charge in [-0.3, -0.25) is 19.2 Å². The Kier molecular flexibility index (Phi) is 16.6. The van der Waals surface area contributed by atoms with Gasteiger partial charge in [-0.05, 0) is 98.9 Å². The number of ether oxygens (including phenoxy) is 3. The van der Waals surface area contributed by atoms with Gasteiger partial charge in [-0.1, -0.05) is 78.9 Å². The Bertz CT molecular complexity index is 2170. The Morgan fingerprint density at radius 1 is 0.455 bits per heavy atom. The number of carbonyl (C=O) groups excluding carboxylic acids is 6. The van der Waals surface area contributed by atoms with Gasteiger partial charge in [0.25, 0.3) is 0 Å². The molecule has 8 rings (SSSR count). The smallest absolute Gasteiger partial charge is 0.318 e. The maximum atomic E-state index is 13.4. The van der Waals surface area contributed by atoms with Gasteiger partial charge < -0.3 is 44.4 Å². The minimum absolute atomic E-state index is 0.0651. The van der Waals surface area contributed by atoms with E-state index in [4.69, 9.17) is 14.2 Å². The lowest BCUT2D eigenvalue weighted by molar-refractivity contribution is -0.141. The average molecular weight is 901 g/mol. The number of benzene rings is 4. The highest BCUT2D eigenvalue weighted by molar-refractivity contribution is 5.95. The van der Waals surface area contributed by atoms with Crippen molar-refractivity contribution in [2.24, 2.45) is 0 Å². The standard InChI is InChI=1S/C26H31N3O5.C25H29N3O4/c1-33-20-11-13-21(14-12-20)34-18-24(30)22-9-5-15-28(22)25(31)23-10-6-16-29(23)26(32)27-17-19-7-3-2-4-8-19;29-23(18-32-20-11-5-2-6-12-20)21-13-7-15-27(21)24(30)22-14-8-16-28(22)25(31)26-17-19-9-3-1-4-10-19/h2-4,7-8,11-14,22-23H,5-6,9-10,15-18H2,1H3,(H,27,32);1-6,9-12,21-22H,7-8,13-18H2,(H,26,31)/t22-,23-;21-,22-/m00/s1. The van der Waals surface area contributed by atoms with Gasteiger partial charge in [0.05, 0.1) is 19.2 Å². The van der Waals surface area contributed by atoms with E-state index in [-0.39, 0.29) is 48.7 Å². The summed E-state index contributed by atoms with van der Waals surface area (Å²) >= 11 is 0. The van der Waals surface area contributed by atoms with E-state index in [9.17, 15) is 28.8 Å². The molecule has 4 aliphatic rings. The molecule has 4 aromatic carbocycles. The lowest BCUT2D eigenvalue weighted by Gasteiger charge is -2.31. The van der Waals surface area contributed by atoms with E-state index in [2.05, 4.69) is 10.6 Å². The average Bonchev–Trinajstić information content (AvgIpc) is 4.22. The van der Waals surface area contributed by atoms with Crippen LogP contribution in [0.3, 0.4) is 0 Å². The van der Waals surface area contributed by atoms with Gasteiger partial charge in [-0.25, -0.2) is 9.59 Å². The second kappa shape index (κ2) is 23.3. The molecule has 15 heteroatoms. The van der Waals surface area contributed by atoms with Crippen LogP contribution < -0.4 is 24.8 Å². The fraction of sp³-hybridized carbons (Fsp3) is 0.412. The summed E-state index contributed by atoms with van der Waals surface area (Å²) in [4.78, 5) is 84.6. The first-order chi connectivity index (χ1) is 32.2. The van der Waals surface area contributed by atoms with Crippen molar-refractivity contribution in [3.63, 3.8) is 0 Å². The number of carbonyl (C=O) groups is 6. The Labute approximate surface area is 386 Å². The molecule has 0 aliphatic carbocycles. The normalized spacial score (nSPS) is 20.0. The molecule has 0 radical (unpaired) electrons. The summed E-state index contributed by atoms with van der Waals surface area (Å²) < 4.78 is 16.4. The number of rotatable bonds is 15. The van der Waals surface area contributed by atoms with E-state index in [1.54, 1.807) is 63.1 Å². The molecule has 0 spiro atoms. The summed E-state index contributed by atoms with van der Waals surface area (Å²) in [7, 11) is 1.59. The first-order valence-corrected chi connectivity index (χ1v) is 23.0. The fourth-order valence-corrected chi connectivity index (χ4v) is 9.09. The molecule has 0 saturated carbocycles. The van der Waals surface area contributed by atoms with E-state index in [1.165, 1.54) is 0 Å². The van der Waals surface area contributed by atoms with Gasteiger partial charge in [-0.2, -0.15) is 0 Å². The topological polar surface area (TPSA) is 167 Å². The van der Waals surface area contributed by atoms with E-state index < -0.39 is 24.2 Å². The molecule has 4 saturated heterocycles. The molecule has 348 valence electrons. The van der Waals surface area contributed by atoms with Gasteiger partial charge in [0.2, 0.25) is 11.8 Å². The maximum absolute atomic E-state index is 13.4. The minimum Gasteiger partial charge on any atom is -0.497 e. The highest BCUT2D eigenvalue weighted by Crippen LogP contribution is 2.28. The zero-order valence-electron chi connectivity index (χ0n) is 37.6. The number of ketones is 2. The van der Waals surface area contributed by atoms with Crippen molar-refractivity contribution >= 4 is 35.4 Å². The quantitative estimate of drug-likeness (QED) is 0.145. The van der Waals surface area contributed by atoms with Gasteiger partial charge in [0, 0.05) is 39.3 Å². The highest BCUT2D eigenvalue weighted by atomic mass is 16.5. The predicted molar refractivity (Wildman–Crippen MR) is 247 cm³/mol. The molecule has 4 aliphatic heterocycles. The number of methoxy groups -OCH3 is 1.